The molecule has 0 amide bonds. The third-order valence-corrected chi connectivity index (χ3v) is 6.05. The molecule has 0 unspecified atom stereocenters. The Kier molecular flexibility index (Phi) is 6.73. The van der Waals surface area contributed by atoms with Crippen molar-refractivity contribution in [3.05, 3.63) is 66.5 Å². The highest BCUT2D eigenvalue weighted by molar-refractivity contribution is 5.76. The molecule has 30 heavy (non-hydrogen) atoms. The van der Waals surface area contributed by atoms with Gasteiger partial charge in [-0.1, -0.05) is 43.5 Å². The Morgan fingerprint density at radius 1 is 1.10 bits per heavy atom. The van der Waals surface area contributed by atoms with Crippen molar-refractivity contribution in [3.8, 4) is 11.5 Å². The Morgan fingerprint density at radius 2 is 1.93 bits per heavy atom. The summed E-state index contributed by atoms with van der Waals surface area (Å²) in [5, 5.41) is 0. The van der Waals surface area contributed by atoms with E-state index in [1.807, 2.05) is 18.2 Å². The highest BCUT2D eigenvalue weighted by Crippen LogP contribution is 2.34. The van der Waals surface area contributed by atoms with Crippen molar-refractivity contribution in [3.63, 3.8) is 0 Å². The van der Waals surface area contributed by atoms with Crippen LogP contribution in [0.3, 0.4) is 0 Å². The molecule has 158 valence electrons. The molecule has 0 aliphatic heterocycles. The van der Waals surface area contributed by atoms with Gasteiger partial charge >= 0.3 is 0 Å². The average Bonchev–Trinajstić information content (AvgIpc) is 3.17. The lowest BCUT2D eigenvalue weighted by molar-refractivity contribution is 0.281. The van der Waals surface area contributed by atoms with Gasteiger partial charge < -0.3 is 14.0 Å². The van der Waals surface area contributed by atoms with E-state index in [0.29, 0.717) is 12.5 Å². The number of fused-ring (bicyclic) bond motifs is 1. The van der Waals surface area contributed by atoms with Crippen molar-refractivity contribution >= 4 is 11.0 Å². The Morgan fingerprint density at radius 3 is 2.73 bits per heavy atom. The molecule has 0 saturated heterocycles. The van der Waals surface area contributed by atoms with Gasteiger partial charge in [0.1, 0.15) is 5.82 Å². The van der Waals surface area contributed by atoms with Crippen molar-refractivity contribution < 1.29 is 9.47 Å². The first-order chi connectivity index (χ1) is 14.8. The van der Waals surface area contributed by atoms with Crippen molar-refractivity contribution in [1.82, 2.24) is 9.55 Å². The minimum atomic E-state index is 0.588. The molecule has 0 atom stereocenters. The number of aryl methyl sites for hydroxylation is 1. The Hall–Kier alpha value is -2.75. The molecule has 1 aliphatic rings. The van der Waals surface area contributed by atoms with Gasteiger partial charge in [-0.05, 0) is 55.5 Å². The quantitative estimate of drug-likeness (QED) is 0.311. The lowest BCUT2D eigenvalue weighted by atomic mass is 9.88. The van der Waals surface area contributed by atoms with Crippen LogP contribution < -0.4 is 9.47 Å². The normalized spacial score (nSPS) is 14.7. The molecule has 1 saturated carbocycles. The molecule has 0 N–H and O–H groups in total. The van der Waals surface area contributed by atoms with Crippen molar-refractivity contribution in [2.45, 2.75) is 57.4 Å². The van der Waals surface area contributed by atoms with Gasteiger partial charge in [-0.3, -0.25) is 0 Å². The van der Waals surface area contributed by atoms with E-state index < -0.39 is 0 Å². The molecule has 1 aromatic heterocycles. The number of nitrogens with zero attached hydrogens (tertiary/aromatic N) is 2. The minimum absolute atomic E-state index is 0.588. The number of ether oxygens (including phenoxy) is 2. The molecular weight excluding hydrogens is 372 g/mol. The van der Waals surface area contributed by atoms with Crippen LogP contribution in [0, 0.1) is 0 Å². The van der Waals surface area contributed by atoms with E-state index >= 15 is 0 Å². The molecule has 1 fully saturated rings. The molecule has 0 radical (unpaired) electrons. The minimum Gasteiger partial charge on any atom is -0.493 e. The maximum Gasteiger partial charge on any atom is 0.161 e. The summed E-state index contributed by atoms with van der Waals surface area (Å²) >= 11 is 0. The number of imidazole rings is 1. The smallest absolute Gasteiger partial charge is 0.161 e. The van der Waals surface area contributed by atoms with Crippen molar-refractivity contribution in [1.29, 1.82) is 0 Å². The summed E-state index contributed by atoms with van der Waals surface area (Å²) in [7, 11) is 1.69. The summed E-state index contributed by atoms with van der Waals surface area (Å²) in [5.41, 5.74) is 3.53. The number of aromatic nitrogens is 2. The number of benzene rings is 2. The van der Waals surface area contributed by atoms with E-state index in [1.54, 1.807) is 7.11 Å². The largest absolute Gasteiger partial charge is 0.493 e. The summed E-state index contributed by atoms with van der Waals surface area (Å²) in [6, 6.07) is 14.6. The van der Waals surface area contributed by atoms with Gasteiger partial charge in [0.15, 0.2) is 11.5 Å². The van der Waals surface area contributed by atoms with Crippen LogP contribution in [0.5, 0.6) is 11.5 Å². The van der Waals surface area contributed by atoms with Crippen LogP contribution in [0.25, 0.3) is 11.0 Å². The first-order valence-electron chi connectivity index (χ1n) is 11.2. The topological polar surface area (TPSA) is 36.3 Å². The fourth-order valence-corrected chi connectivity index (χ4v) is 4.53. The number of hydrogen-bond donors (Lipinski definition) is 0. The highest BCUT2D eigenvalue weighted by Gasteiger charge is 2.22. The molecule has 0 bridgehead atoms. The average molecular weight is 405 g/mol. The zero-order valence-electron chi connectivity index (χ0n) is 18.0. The number of para-hydroxylation sites is 2. The van der Waals surface area contributed by atoms with Gasteiger partial charge in [-0.25, -0.2) is 4.98 Å². The van der Waals surface area contributed by atoms with Gasteiger partial charge in [-0.2, -0.15) is 0 Å². The van der Waals surface area contributed by atoms with E-state index in [1.165, 1.54) is 49.0 Å². The summed E-state index contributed by atoms with van der Waals surface area (Å²) in [4.78, 5) is 5.02. The predicted octanol–water partition coefficient (Wildman–Crippen LogP) is 6.29. The Bertz CT molecular complexity index is 986. The maximum absolute atomic E-state index is 6.07. The zero-order valence-corrected chi connectivity index (χ0v) is 18.0. The van der Waals surface area contributed by atoms with E-state index in [4.69, 9.17) is 14.5 Å². The first kappa shape index (κ1) is 20.5. The second-order valence-electron chi connectivity index (χ2n) is 8.13. The van der Waals surface area contributed by atoms with Crippen LogP contribution in [-0.4, -0.2) is 23.3 Å². The number of rotatable bonds is 9. The second-order valence-corrected chi connectivity index (χ2v) is 8.13. The third kappa shape index (κ3) is 4.53. The van der Waals surface area contributed by atoms with Crippen LogP contribution in [-0.2, 0) is 13.0 Å². The van der Waals surface area contributed by atoms with E-state index in [9.17, 15) is 0 Å². The molecule has 4 nitrogen and oxygen atoms in total. The fraction of sp³-hybridized carbons (Fsp3) is 0.423. The van der Waals surface area contributed by atoms with Gasteiger partial charge in [0.05, 0.1) is 24.8 Å². The Labute approximate surface area is 179 Å². The SMILES string of the molecule is C=CCc1ccc(OCCCn2c(C3CCCCC3)nc3ccccc32)c(OC)c1. The maximum atomic E-state index is 6.07. The van der Waals surface area contributed by atoms with Crippen LogP contribution in [0.2, 0.25) is 0 Å². The van der Waals surface area contributed by atoms with E-state index in [2.05, 4.69) is 41.5 Å². The summed E-state index contributed by atoms with van der Waals surface area (Å²) in [5.74, 6) is 3.44. The van der Waals surface area contributed by atoms with Gasteiger partial charge in [0.25, 0.3) is 0 Å². The predicted molar refractivity (Wildman–Crippen MR) is 123 cm³/mol. The van der Waals surface area contributed by atoms with Crippen molar-refractivity contribution in [2.75, 3.05) is 13.7 Å². The molecule has 1 aliphatic carbocycles. The number of methoxy groups -OCH3 is 1. The lowest BCUT2D eigenvalue weighted by Gasteiger charge is -2.22. The highest BCUT2D eigenvalue weighted by atomic mass is 16.5. The first-order valence-corrected chi connectivity index (χ1v) is 11.2. The molecule has 1 heterocycles. The van der Waals surface area contributed by atoms with Crippen molar-refractivity contribution in [2.24, 2.45) is 0 Å². The van der Waals surface area contributed by atoms with Gasteiger partial charge in [-0.15, -0.1) is 6.58 Å². The zero-order chi connectivity index (χ0) is 20.8. The van der Waals surface area contributed by atoms with E-state index in [-0.39, 0.29) is 0 Å². The Balaban J connectivity index is 1.44. The fourth-order valence-electron chi connectivity index (χ4n) is 4.53. The molecular formula is C26H32N2O2. The van der Waals surface area contributed by atoms with Crippen LogP contribution in [0.1, 0.15) is 55.8 Å². The summed E-state index contributed by atoms with van der Waals surface area (Å²) in [6.45, 7) is 5.37. The van der Waals surface area contributed by atoms with Crippen LogP contribution >= 0.6 is 0 Å². The van der Waals surface area contributed by atoms with Crippen LogP contribution in [0.4, 0.5) is 0 Å². The number of hydrogen-bond acceptors (Lipinski definition) is 3. The third-order valence-electron chi connectivity index (χ3n) is 6.05. The van der Waals surface area contributed by atoms with Crippen LogP contribution in [0.15, 0.2) is 55.1 Å². The molecule has 0 spiro atoms. The molecule has 2 aromatic carbocycles. The summed E-state index contributed by atoms with van der Waals surface area (Å²) in [6.07, 6.45) is 10.2. The monoisotopic (exact) mass is 404 g/mol. The van der Waals surface area contributed by atoms with Gasteiger partial charge in [0.2, 0.25) is 0 Å². The number of allylic oxidation sites excluding steroid dienone is 1. The second kappa shape index (κ2) is 9.84. The lowest BCUT2D eigenvalue weighted by Crippen LogP contribution is -2.14. The molecule has 4 heteroatoms. The van der Waals surface area contributed by atoms with E-state index in [0.717, 1.165) is 36.4 Å². The molecule has 3 aromatic rings. The standard InChI is InChI=1S/C26H32N2O2/c1-3-10-20-15-16-24(25(19-20)29-2)30-18-9-17-28-23-14-8-7-13-22(23)27-26(28)21-11-5-4-6-12-21/h3,7-8,13-16,19,21H,1,4-6,9-12,17-18H2,2H3. The summed E-state index contributed by atoms with van der Waals surface area (Å²) < 4.78 is 14.0. The van der Waals surface area contributed by atoms with Gasteiger partial charge in [0, 0.05) is 12.5 Å². The molecule has 4 rings (SSSR count).